The van der Waals surface area contributed by atoms with Crippen LogP contribution in [0.5, 0.6) is 0 Å². The minimum atomic E-state index is -1.06. The molecule has 0 unspecified atom stereocenters. The van der Waals surface area contributed by atoms with Crippen LogP contribution in [0, 0.1) is 11.6 Å². The summed E-state index contributed by atoms with van der Waals surface area (Å²) in [6, 6.07) is 5.54. The zero-order valence-corrected chi connectivity index (χ0v) is 17.5. The van der Waals surface area contributed by atoms with Crippen LogP contribution in [0.2, 0.25) is 0 Å². The first-order chi connectivity index (χ1) is 15.6. The molecule has 0 aliphatic rings. The summed E-state index contributed by atoms with van der Waals surface area (Å²) in [5.74, 6) is -1.74. The second kappa shape index (κ2) is 9.60. The number of rotatable bonds is 9. The van der Waals surface area contributed by atoms with E-state index in [2.05, 4.69) is 37.8 Å². The SMILES string of the molecule is CCNCCCCn1cc(-c2cnc(N)c(-c3nnnn3-c3cccc(F)c3F)c2)cn1. The maximum atomic E-state index is 14.3. The van der Waals surface area contributed by atoms with Gasteiger partial charge in [-0.3, -0.25) is 4.68 Å². The standard InChI is InChI=1S/C21H23F2N9/c1-2-25-8-3-4-9-31-13-15(12-27-31)14-10-16(20(24)26-11-14)21-28-29-30-32(21)18-7-5-6-17(22)19(18)23/h5-7,10-13,25H,2-4,8-9H2,1H3,(H2,24,26). The number of hydrogen-bond donors (Lipinski definition) is 2. The first kappa shape index (κ1) is 21.5. The van der Waals surface area contributed by atoms with Crippen molar-refractivity contribution >= 4 is 5.82 Å². The van der Waals surface area contributed by atoms with Crippen molar-refractivity contribution in [2.45, 2.75) is 26.3 Å². The topological polar surface area (TPSA) is 112 Å². The van der Waals surface area contributed by atoms with Gasteiger partial charge >= 0.3 is 0 Å². The molecule has 3 N–H and O–H groups in total. The third kappa shape index (κ3) is 4.47. The number of aryl methyl sites for hydroxylation is 1. The van der Waals surface area contributed by atoms with Gasteiger partial charge in [-0.15, -0.1) is 5.10 Å². The monoisotopic (exact) mass is 439 g/mol. The molecule has 0 atom stereocenters. The lowest BCUT2D eigenvalue weighted by molar-refractivity contribution is 0.501. The van der Waals surface area contributed by atoms with Crippen LogP contribution in [0.15, 0.2) is 42.9 Å². The van der Waals surface area contributed by atoms with Crippen LogP contribution in [0.25, 0.3) is 28.2 Å². The van der Waals surface area contributed by atoms with E-state index in [0.717, 1.165) is 54.4 Å². The van der Waals surface area contributed by atoms with Gasteiger partial charge in [-0.25, -0.2) is 13.8 Å². The maximum Gasteiger partial charge on any atom is 0.190 e. The number of nitrogens with two attached hydrogens (primary N) is 1. The van der Waals surface area contributed by atoms with Crippen LogP contribution in [-0.4, -0.2) is 48.1 Å². The molecule has 0 amide bonds. The van der Waals surface area contributed by atoms with Crippen LogP contribution < -0.4 is 11.1 Å². The number of tetrazole rings is 1. The summed E-state index contributed by atoms with van der Waals surface area (Å²) in [5, 5.41) is 19.1. The molecule has 0 saturated heterocycles. The molecule has 0 aliphatic heterocycles. The van der Waals surface area contributed by atoms with Crippen molar-refractivity contribution in [3.8, 4) is 28.2 Å². The van der Waals surface area contributed by atoms with Crippen molar-refractivity contribution in [1.82, 2.24) is 40.3 Å². The Morgan fingerprint density at radius 2 is 2.00 bits per heavy atom. The van der Waals surface area contributed by atoms with E-state index in [0.29, 0.717) is 5.56 Å². The number of anilines is 1. The fourth-order valence-electron chi connectivity index (χ4n) is 3.32. The largest absolute Gasteiger partial charge is 0.383 e. The Morgan fingerprint density at radius 3 is 2.84 bits per heavy atom. The molecular weight excluding hydrogens is 416 g/mol. The van der Waals surface area contributed by atoms with E-state index >= 15 is 0 Å². The van der Waals surface area contributed by atoms with Crippen molar-refractivity contribution in [2.75, 3.05) is 18.8 Å². The molecule has 0 bridgehead atoms. The lowest BCUT2D eigenvalue weighted by Crippen LogP contribution is -2.14. The van der Waals surface area contributed by atoms with Crippen LogP contribution in [-0.2, 0) is 6.54 Å². The van der Waals surface area contributed by atoms with E-state index in [4.69, 9.17) is 5.73 Å². The van der Waals surface area contributed by atoms with Gasteiger partial charge in [0.2, 0.25) is 0 Å². The van der Waals surface area contributed by atoms with E-state index in [1.54, 1.807) is 18.5 Å². The normalized spacial score (nSPS) is 11.2. The van der Waals surface area contributed by atoms with Crippen molar-refractivity contribution in [1.29, 1.82) is 0 Å². The van der Waals surface area contributed by atoms with Crippen LogP contribution >= 0.6 is 0 Å². The smallest absolute Gasteiger partial charge is 0.190 e. The van der Waals surface area contributed by atoms with Crippen molar-refractivity contribution in [3.63, 3.8) is 0 Å². The fraction of sp³-hybridized carbons (Fsp3) is 0.286. The molecule has 9 nitrogen and oxygen atoms in total. The Labute approximate surface area is 183 Å². The Balaban J connectivity index is 1.60. The highest BCUT2D eigenvalue weighted by Gasteiger charge is 2.19. The molecule has 0 spiro atoms. The van der Waals surface area contributed by atoms with Gasteiger partial charge in [0, 0.05) is 30.1 Å². The van der Waals surface area contributed by atoms with Crippen molar-refractivity contribution in [2.24, 2.45) is 0 Å². The summed E-state index contributed by atoms with van der Waals surface area (Å²) in [5.41, 5.74) is 7.94. The van der Waals surface area contributed by atoms with Crippen LogP contribution in [0.4, 0.5) is 14.6 Å². The van der Waals surface area contributed by atoms with Crippen molar-refractivity contribution in [3.05, 3.63) is 54.5 Å². The molecule has 0 fully saturated rings. The number of hydrogen-bond acceptors (Lipinski definition) is 7. The summed E-state index contributed by atoms with van der Waals surface area (Å²) in [6.45, 7) is 4.84. The van der Waals surface area contributed by atoms with Gasteiger partial charge < -0.3 is 11.1 Å². The Morgan fingerprint density at radius 1 is 1.12 bits per heavy atom. The zero-order chi connectivity index (χ0) is 22.5. The lowest BCUT2D eigenvalue weighted by Gasteiger charge is -2.09. The summed E-state index contributed by atoms with van der Waals surface area (Å²) < 4.78 is 31.0. The summed E-state index contributed by atoms with van der Waals surface area (Å²) in [7, 11) is 0. The van der Waals surface area contributed by atoms with Gasteiger partial charge in [0.25, 0.3) is 0 Å². The number of nitrogens with one attached hydrogen (secondary N) is 1. The highest BCUT2D eigenvalue weighted by Crippen LogP contribution is 2.29. The predicted octanol–water partition coefficient (Wildman–Crippen LogP) is 2.84. The molecule has 11 heteroatoms. The van der Waals surface area contributed by atoms with Gasteiger partial charge in [-0.05, 0) is 54.6 Å². The molecule has 32 heavy (non-hydrogen) atoms. The number of nitrogen functional groups attached to an aromatic ring is 1. The fourth-order valence-corrected chi connectivity index (χ4v) is 3.32. The number of benzene rings is 1. The summed E-state index contributed by atoms with van der Waals surface area (Å²) in [4.78, 5) is 4.25. The molecule has 0 saturated carbocycles. The number of unbranched alkanes of at least 4 members (excludes halogenated alkanes) is 1. The quantitative estimate of drug-likeness (QED) is 0.386. The average molecular weight is 439 g/mol. The number of aromatic nitrogens is 7. The highest BCUT2D eigenvalue weighted by molar-refractivity contribution is 5.76. The summed E-state index contributed by atoms with van der Waals surface area (Å²) in [6.07, 6.45) is 7.38. The zero-order valence-electron chi connectivity index (χ0n) is 17.5. The predicted molar refractivity (Wildman–Crippen MR) is 116 cm³/mol. The Kier molecular flexibility index (Phi) is 6.45. The molecule has 166 valence electrons. The highest BCUT2D eigenvalue weighted by atomic mass is 19.2. The summed E-state index contributed by atoms with van der Waals surface area (Å²) >= 11 is 0. The molecule has 4 aromatic rings. The van der Waals surface area contributed by atoms with Crippen LogP contribution in [0.3, 0.4) is 0 Å². The first-order valence-electron chi connectivity index (χ1n) is 10.3. The third-order valence-corrected chi connectivity index (χ3v) is 5.00. The molecule has 3 heterocycles. The van der Waals surface area contributed by atoms with E-state index in [1.165, 1.54) is 12.1 Å². The van der Waals surface area contributed by atoms with E-state index in [1.807, 2.05) is 10.9 Å². The van der Waals surface area contributed by atoms with Gasteiger partial charge in [0.1, 0.15) is 11.5 Å². The lowest BCUT2D eigenvalue weighted by atomic mass is 10.1. The Hall–Kier alpha value is -3.73. The minimum absolute atomic E-state index is 0.125. The van der Waals surface area contributed by atoms with Crippen LogP contribution in [0.1, 0.15) is 19.8 Å². The number of halogens is 2. The van der Waals surface area contributed by atoms with E-state index in [9.17, 15) is 8.78 Å². The number of nitrogens with zero attached hydrogens (tertiary/aromatic N) is 7. The van der Waals surface area contributed by atoms with Gasteiger partial charge in [0.15, 0.2) is 17.5 Å². The number of pyridine rings is 1. The van der Waals surface area contributed by atoms with Gasteiger partial charge in [0.05, 0.1) is 11.8 Å². The molecule has 1 aromatic carbocycles. The second-order valence-corrected chi connectivity index (χ2v) is 7.20. The maximum absolute atomic E-state index is 14.3. The molecule has 0 aliphatic carbocycles. The molecule has 0 radical (unpaired) electrons. The minimum Gasteiger partial charge on any atom is -0.383 e. The molecule has 4 rings (SSSR count). The molecular formula is C21H23F2N9. The average Bonchev–Trinajstić information content (AvgIpc) is 3.46. The van der Waals surface area contributed by atoms with E-state index < -0.39 is 11.6 Å². The molecule has 3 aromatic heterocycles. The van der Waals surface area contributed by atoms with E-state index in [-0.39, 0.29) is 17.3 Å². The third-order valence-electron chi connectivity index (χ3n) is 5.00. The van der Waals surface area contributed by atoms with Crippen molar-refractivity contribution < 1.29 is 8.78 Å². The van der Waals surface area contributed by atoms with Gasteiger partial charge in [-0.2, -0.15) is 9.78 Å². The van der Waals surface area contributed by atoms with Gasteiger partial charge in [-0.1, -0.05) is 13.0 Å². The Bertz CT molecular complexity index is 1200. The first-order valence-corrected chi connectivity index (χ1v) is 10.3. The second-order valence-electron chi connectivity index (χ2n) is 7.20.